The molecule has 1 heterocycles. The van der Waals surface area contributed by atoms with Gasteiger partial charge in [0.15, 0.2) is 0 Å². The number of anilines is 1. The highest BCUT2D eigenvalue weighted by atomic mass is 16.2. The SMILES string of the molecule is CCNC(=O)Cn1nc(N)cc1C. The highest BCUT2D eigenvalue weighted by Crippen LogP contribution is 2.03. The highest BCUT2D eigenvalue weighted by molar-refractivity contribution is 5.75. The van der Waals surface area contributed by atoms with Crippen LogP contribution in [0.1, 0.15) is 12.6 Å². The summed E-state index contributed by atoms with van der Waals surface area (Å²) in [5.41, 5.74) is 6.36. The Morgan fingerprint density at radius 1 is 1.77 bits per heavy atom. The molecular weight excluding hydrogens is 168 g/mol. The van der Waals surface area contributed by atoms with Crippen molar-refractivity contribution in [3.8, 4) is 0 Å². The summed E-state index contributed by atoms with van der Waals surface area (Å²) in [6.45, 7) is 4.61. The van der Waals surface area contributed by atoms with Crippen molar-refractivity contribution in [2.24, 2.45) is 0 Å². The van der Waals surface area contributed by atoms with Crippen molar-refractivity contribution in [2.75, 3.05) is 12.3 Å². The number of hydrogen-bond donors (Lipinski definition) is 2. The molecule has 1 aromatic heterocycles. The van der Waals surface area contributed by atoms with Crippen molar-refractivity contribution in [1.29, 1.82) is 0 Å². The molecule has 1 rings (SSSR count). The largest absolute Gasteiger partial charge is 0.382 e. The molecule has 0 aliphatic rings. The summed E-state index contributed by atoms with van der Waals surface area (Å²) in [4.78, 5) is 11.2. The van der Waals surface area contributed by atoms with Crippen LogP contribution in [-0.2, 0) is 11.3 Å². The molecule has 0 radical (unpaired) electrons. The van der Waals surface area contributed by atoms with Gasteiger partial charge >= 0.3 is 0 Å². The molecule has 3 N–H and O–H groups in total. The quantitative estimate of drug-likeness (QED) is 0.686. The molecule has 0 fully saturated rings. The van der Waals surface area contributed by atoms with Crippen LogP contribution in [0.5, 0.6) is 0 Å². The van der Waals surface area contributed by atoms with E-state index in [2.05, 4.69) is 10.4 Å². The summed E-state index contributed by atoms with van der Waals surface area (Å²) in [6.07, 6.45) is 0. The van der Waals surface area contributed by atoms with Crippen molar-refractivity contribution < 1.29 is 4.79 Å². The minimum absolute atomic E-state index is 0.0475. The zero-order valence-corrected chi connectivity index (χ0v) is 7.87. The third-order valence-corrected chi connectivity index (χ3v) is 1.67. The molecule has 0 saturated heterocycles. The van der Waals surface area contributed by atoms with Gasteiger partial charge in [-0.2, -0.15) is 5.10 Å². The van der Waals surface area contributed by atoms with Crippen LogP contribution in [-0.4, -0.2) is 22.2 Å². The number of hydrogen-bond acceptors (Lipinski definition) is 3. The molecule has 0 aromatic carbocycles. The summed E-state index contributed by atoms with van der Waals surface area (Å²) >= 11 is 0. The van der Waals surface area contributed by atoms with Crippen molar-refractivity contribution in [1.82, 2.24) is 15.1 Å². The number of nitrogens with zero attached hydrogens (tertiary/aromatic N) is 2. The first-order chi connectivity index (χ1) is 6.13. The van der Waals surface area contributed by atoms with Crippen LogP contribution in [0, 0.1) is 6.92 Å². The second kappa shape index (κ2) is 3.93. The second-order valence-electron chi connectivity index (χ2n) is 2.82. The minimum Gasteiger partial charge on any atom is -0.382 e. The van der Waals surface area contributed by atoms with E-state index in [4.69, 9.17) is 5.73 Å². The molecule has 0 aliphatic heterocycles. The van der Waals surface area contributed by atoms with Crippen LogP contribution in [0.4, 0.5) is 5.82 Å². The molecule has 0 spiro atoms. The van der Waals surface area contributed by atoms with Crippen molar-refractivity contribution >= 4 is 11.7 Å². The maximum atomic E-state index is 11.2. The second-order valence-corrected chi connectivity index (χ2v) is 2.82. The fourth-order valence-corrected chi connectivity index (χ4v) is 1.08. The topological polar surface area (TPSA) is 72.9 Å². The Hall–Kier alpha value is -1.52. The number of nitrogens with two attached hydrogens (primary N) is 1. The summed E-state index contributed by atoms with van der Waals surface area (Å²) in [5, 5.41) is 6.66. The van der Waals surface area contributed by atoms with Gasteiger partial charge in [-0.3, -0.25) is 9.48 Å². The Morgan fingerprint density at radius 2 is 2.46 bits per heavy atom. The number of aromatic nitrogens is 2. The Kier molecular flexibility index (Phi) is 2.89. The van der Waals surface area contributed by atoms with Crippen LogP contribution in [0.25, 0.3) is 0 Å². The molecular formula is C8H14N4O. The number of rotatable bonds is 3. The van der Waals surface area contributed by atoms with E-state index in [1.54, 1.807) is 10.7 Å². The molecule has 0 aliphatic carbocycles. The summed E-state index contributed by atoms with van der Waals surface area (Å²) in [7, 11) is 0. The number of carbonyl (C=O) groups excluding carboxylic acids is 1. The molecule has 0 saturated carbocycles. The molecule has 5 nitrogen and oxygen atoms in total. The fraction of sp³-hybridized carbons (Fsp3) is 0.500. The van der Waals surface area contributed by atoms with Crippen molar-refractivity contribution in [3.05, 3.63) is 11.8 Å². The third-order valence-electron chi connectivity index (χ3n) is 1.67. The molecule has 72 valence electrons. The maximum absolute atomic E-state index is 11.2. The van der Waals surface area contributed by atoms with Crippen molar-refractivity contribution in [2.45, 2.75) is 20.4 Å². The molecule has 1 aromatic rings. The number of carbonyl (C=O) groups is 1. The first-order valence-corrected chi connectivity index (χ1v) is 4.20. The van der Waals surface area contributed by atoms with Crippen LogP contribution >= 0.6 is 0 Å². The van der Waals surface area contributed by atoms with E-state index < -0.39 is 0 Å². The third kappa shape index (κ3) is 2.47. The first kappa shape index (κ1) is 9.57. The van der Waals surface area contributed by atoms with E-state index in [0.717, 1.165) is 5.69 Å². The van der Waals surface area contributed by atoms with E-state index in [9.17, 15) is 4.79 Å². The number of aryl methyl sites for hydroxylation is 1. The van der Waals surface area contributed by atoms with E-state index in [1.165, 1.54) is 0 Å². The van der Waals surface area contributed by atoms with Gasteiger partial charge in [0, 0.05) is 18.3 Å². The van der Waals surface area contributed by atoms with Gasteiger partial charge in [-0.15, -0.1) is 0 Å². The summed E-state index contributed by atoms with van der Waals surface area (Å²) < 4.78 is 1.58. The van der Waals surface area contributed by atoms with Gasteiger partial charge in [0.05, 0.1) is 0 Å². The average molecular weight is 182 g/mol. The monoisotopic (exact) mass is 182 g/mol. The van der Waals surface area contributed by atoms with Gasteiger partial charge in [0.2, 0.25) is 5.91 Å². The predicted molar refractivity (Wildman–Crippen MR) is 50.1 cm³/mol. The van der Waals surface area contributed by atoms with Gasteiger partial charge in [0.1, 0.15) is 12.4 Å². The first-order valence-electron chi connectivity index (χ1n) is 4.20. The smallest absolute Gasteiger partial charge is 0.241 e. The van der Waals surface area contributed by atoms with Crippen molar-refractivity contribution in [3.63, 3.8) is 0 Å². The Balaban J connectivity index is 2.63. The van der Waals surface area contributed by atoms with Gasteiger partial charge in [-0.25, -0.2) is 0 Å². The lowest BCUT2D eigenvalue weighted by Gasteiger charge is -2.03. The van der Waals surface area contributed by atoms with Crippen LogP contribution in [0.3, 0.4) is 0 Å². The lowest BCUT2D eigenvalue weighted by molar-refractivity contribution is -0.121. The highest BCUT2D eigenvalue weighted by Gasteiger charge is 2.05. The number of likely N-dealkylation sites (N-methyl/N-ethyl adjacent to an activating group) is 1. The van der Waals surface area contributed by atoms with E-state index in [0.29, 0.717) is 12.4 Å². The molecule has 5 heteroatoms. The summed E-state index contributed by atoms with van der Waals surface area (Å²) in [5.74, 6) is 0.399. The standard InChI is InChI=1S/C8H14N4O/c1-3-10-8(13)5-12-6(2)4-7(9)11-12/h4H,3,5H2,1-2H3,(H2,9,11)(H,10,13). The van der Waals surface area contributed by atoms with Crippen LogP contribution in [0.2, 0.25) is 0 Å². The van der Waals surface area contributed by atoms with Gasteiger partial charge in [-0.05, 0) is 13.8 Å². The van der Waals surface area contributed by atoms with Gasteiger partial charge in [0.25, 0.3) is 0 Å². The number of nitrogens with one attached hydrogen (secondary N) is 1. The zero-order chi connectivity index (χ0) is 9.84. The lowest BCUT2D eigenvalue weighted by Crippen LogP contribution is -2.27. The normalized spacial score (nSPS) is 10.0. The van der Waals surface area contributed by atoms with E-state index in [1.807, 2.05) is 13.8 Å². The van der Waals surface area contributed by atoms with Crippen LogP contribution < -0.4 is 11.1 Å². The Morgan fingerprint density at radius 3 is 2.92 bits per heavy atom. The Bertz CT molecular complexity index is 305. The summed E-state index contributed by atoms with van der Waals surface area (Å²) in [6, 6.07) is 1.74. The fourth-order valence-electron chi connectivity index (χ4n) is 1.08. The maximum Gasteiger partial charge on any atom is 0.241 e. The zero-order valence-electron chi connectivity index (χ0n) is 7.87. The molecule has 0 unspecified atom stereocenters. The van der Waals surface area contributed by atoms with Crippen LogP contribution in [0.15, 0.2) is 6.07 Å². The minimum atomic E-state index is -0.0475. The molecule has 0 bridgehead atoms. The molecule has 0 atom stereocenters. The van der Waals surface area contributed by atoms with E-state index in [-0.39, 0.29) is 12.5 Å². The molecule has 1 amide bonds. The molecule has 13 heavy (non-hydrogen) atoms. The van der Waals surface area contributed by atoms with E-state index >= 15 is 0 Å². The van der Waals surface area contributed by atoms with Gasteiger partial charge < -0.3 is 11.1 Å². The predicted octanol–water partition coefficient (Wildman–Crippen LogP) is -0.0902. The number of amides is 1. The number of nitrogen functional groups attached to an aromatic ring is 1. The Labute approximate surface area is 76.9 Å². The average Bonchev–Trinajstić information content (AvgIpc) is 2.30. The van der Waals surface area contributed by atoms with Gasteiger partial charge in [-0.1, -0.05) is 0 Å². The lowest BCUT2D eigenvalue weighted by atomic mass is 10.4.